The van der Waals surface area contributed by atoms with Gasteiger partial charge in [-0.15, -0.1) is 11.3 Å². The molecule has 26 heavy (non-hydrogen) atoms. The van der Waals surface area contributed by atoms with Gasteiger partial charge in [-0.05, 0) is 30.3 Å². The first-order valence-electron chi connectivity index (χ1n) is 7.62. The Labute approximate surface area is 163 Å². The molecular formula is C18H12Cl2N2O3S. The van der Waals surface area contributed by atoms with Crippen LogP contribution in [-0.2, 0) is 14.3 Å². The molecule has 132 valence electrons. The van der Waals surface area contributed by atoms with E-state index < -0.39 is 5.97 Å². The van der Waals surface area contributed by atoms with E-state index in [0.29, 0.717) is 21.5 Å². The summed E-state index contributed by atoms with van der Waals surface area (Å²) in [4.78, 5) is 16.8. The average Bonchev–Trinajstić information content (AvgIpc) is 3.33. The van der Waals surface area contributed by atoms with Gasteiger partial charge in [0.05, 0.1) is 23.5 Å². The number of methoxy groups -OCH3 is 1. The Kier molecular flexibility index (Phi) is 4.48. The highest BCUT2D eigenvalue weighted by molar-refractivity contribution is 7.13. The lowest BCUT2D eigenvalue weighted by Gasteiger charge is -2.07. The van der Waals surface area contributed by atoms with E-state index in [-0.39, 0.29) is 6.61 Å². The van der Waals surface area contributed by atoms with Gasteiger partial charge < -0.3 is 14.0 Å². The van der Waals surface area contributed by atoms with Crippen LogP contribution in [0, 0.1) is 0 Å². The highest BCUT2D eigenvalue weighted by atomic mass is 35.5. The van der Waals surface area contributed by atoms with Crippen molar-refractivity contribution in [2.45, 2.75) is 0 Å². The first-order valence-corrected chi connectivity index (χ1v) is 9.25. The highest BCUT2D eigenvalue weighted by Gasteiger charge is 2.29. The number of carbonyl (C=O) groups is 1. The summed E-state index contributed by atoms with van der Waals surface area (Å²) < 4.78 is 12.1. The predicted octanol–water partition coefficient (Wildman–Crippen LogP) is 4.96. The minimum Gasteiger partial charge on any atom is -0.495 e. The van der Waals surface area contributed by atoms with Crippen molar-refractivity contribution in [3.8, 4) is 22.0 Å². The largest absolute Gasteiger partial charge is 0.495 e. The van der Waals surface area contributed by atoms with Crippen LogP contribution in [-0.4, -0.2) is 29.2 Å². The summed E-state index contributed by atoms with van der Waals surface area (Å²) in [5.74, 6) is 0.0711. The molecule has 0 fully saturated rings. The van der Waals surface area contributed by atoms with Gasteiger partial charge in [0.2, 0.25) is 0 Å². The smallest absolute Gasteiger partial charge is 0.359 e. The molecule has 1 aromatic carbocycles. The lowest BCUT2D eigenvalue weighted by molar-refractivity contribution is -0.134. The minimum absolute atomic E-state index is 0.131. The van der Waals surface area contributed by atoms with Gasteiger partial charge in [-0.3, -0.25) is 0 Å². The van der Waals surface area contributed by atoms with E-state index in [4.69, 9.17) is 32.7 Å². The van der Waals surface area contributed by atoms with E-state index in [2.05, 4.69) is 4.98 Å². The van der Waals surface area contributed by atoms with E-state index >= 15 is 0 Å². The molecular weight excluding hydrogens is 395 g/mol. The number of ether oxygens (including phenoxy) is 2. The molecule has 3 aromatic rings. The van der Waals surface area contributed by atoms with Crippen LogP contribution in [0.4, 0.5) is 0 Å². The number of aromatic nitrogens is 2. The fraction of sp³-hybridized carbons (Fsp3) is 0.111. The third-order valence-electron chi connectivity index (χ3n) is 3.96. The molecule has 0 spiro atoms. The summed E-state index contributed by atoms with van der Waals surface area (Å²) in [6.07, 6.45) is 1.78. The van der Waals surface area contributed by atoms with Crippen LogP contribution in [0.2, 0.25) is 10.0 Å². The normalized spacial score (nSPS) is 14.0. The van der Waals surface area contributed by atoms with Crippen molar-refractivity contribution >= 4 is 46.2 Å². The molecule has 5 nitrogen and oxygen atoms in total. The zero-order valence-corrected chi connectivity index (χ0v) is 15.9. The fourth-order valence-electron chi connectivity index (χ4n) is 2.73. The van der Waals surface area contributed by atoms with Crippen LogP contribution in [0.1, 0.15) is 0 Å². The molecule has 0 aliphatic carbocycles. The van der Waals surface area contributed by atoms with Crippen LogP contribution in [0.5, 0.6) is 0 Å². The Hall–Kier alpha value is -2.28. The van der Waals surface area contributed by atoms with Crippen LogP contribution in [0.15, 0.2) is 47.7 Å². The third-order valence-corrected chi connectivity index (χ3v) is 5.37. The second kappa shape index (κ2) is 6.79. The number of thiazole rings is 1. The summed E-state index contributed by atoms with van der Waals surface area (Å²) in [5.41, 5.74) is 2.69. The molecule has 1 aliphatic heterocycles. The second-order valence-corrected chi connectivity index (χ2v) is 7.18. The first-order chi connectivity index (χ1) is 12.6. The van der Waals surface area contributed by atoms with E-state index in [1.807, 2.05) is 23.6 Å². The molecule has 2 aromatic heterocycles. The molecule has 0 saturated carbocycles. The SMILES string of the molecule is COC1=C(n2cccc2-c2nc(-c3ccc(Cl)cc3Cl)cs2)C(=O)OC1. The molecule has 0 radical (unpaired) electrons. The zero-order valence-electron chi connectivity index (χ0n) is 13.5. The van der Waals surface area contributed by atoms with Crippen molar-refractivity contribution in [2.75, 3.05) is 13.7 Å². The number of halogens is 2. The lowest BCUT2D eigenvalue weighted by atomic mass is 10.2. The second-order valence-electron chi connectivity index (χ2n) is 5.48. The van der Waals surface area contributed by atoms with Crippen LogP contribution >= 0.6 is 34.5 Å². The van der Waals surface area contributed by atoms with Crippen molar-refractivity contribution in [1.29, 1.82) is 0 Å². The Balaban J connectivity index is 1.76. The summed E-state index contributed by atoms with van der Waals surface area (Å²) >= 11 is 13.7. The average molecular weight is 407 g/mol. The zero-order chi connectivity index (χ0) is 18.3. The van der Waals surface area contributed by atoms with Crippen LogP contribution < -0.4 is 0 Å². The molecule has 0 N–H and O–H groups in total. The van der Waals surface area contributed by atoms with Crippen LogP contribution in [0.25, 0.3) is 27.7 Å². The number of hydrogen-bond donors (Lipinski definition) is 0. The van der Waals surface area contributed by atoms with Gasteiger partial charge in [0, 0.05) is 22.2 Å². The Bertz CT molecular complexity index is 1040. The fourth-order valence-corrected chi connectivity index (χ4v) is 4.08. The van der Waals surface area contributed by atoms with Gasteiger partial charge in [0.1, 0.15) is 5.01 Å². The molecule has 0 amide bonds. The number of benzene rings is 1. The summed E-state index contributed by atoms with van der Waals surface area (Å²) in [6, 6.07) is 9.02. The quantitative estimate of drug-likeness (QED) is 0.574. The maximum absolute atomic E-state index is 12.1. The molecule has 0 unspecified atom stereocenters. The Morgan fingerprint density at radius 3 is 2.92 bits per heavy atom. The van der Waals surface area contributed by atoms with Crippen molar-refractivity contribution in [3.05, 3.63) is 57.7 Å². The van der Waals surface area contributed by atoms with Gasteiger partial charge in [-0.2, -0.15) is 0 Å². The Morgan fingerprint density at radius 1 is 1.31 bits per heavy atom. The van der Waals surface area contributed by atoms with Gasteiger partial charge >= 0.3 is 5.97 Å². The topological polar surface area (TPSA) is 53.4 Å². The maximum Gasteiger partial charge on any atom is 0.359 e. The van der Waals surface area contributed by atoms with Crippen molar-refractivity contribution < 1.29 is 14.3 Å². The monoisotopic (exact) mass is 406 g/mol. The summed E-state index contributed by atoms with van der Waals surface area (Å²) in [6.45, 7) is 0.131. The number of rotatable bonds is 4. The van der Waals surface area contributed by atoms with Crippen molar-refractivity contribution in [1.82, 2.24) is 9.55 Å². The van der Waals surface area contributed by atoms with E-state index in [0.717, 1.165) is 22.0 Å². The molecule has 4 rings (SSSR count). The van der Waals surface area contributed by atoms with Gasteiger partial charge in [-0.1, -0.05) is 23.2 Å². The van der Waals surface area contributed by atoms with E-state index in [1.165, 1.54) is 18.4 Å². The predicted molar refractivity (Wildman–Crippen MR) is 102 cm³/mol. The molecule has 3 heterocycles. The van der Waals surface area contributed by atoms with E-state index in [1.54, 1.807) is 22.9 Å². The number of hydrogen-bond acceptors (Lipinski definition) is 5. The lowest BCUT2D eigenvalue weighted by Crippen LogP contribution is -2.07. The number of nitrogens with zero attached hydrogens (tertiary/aromatic N) is 2. The molecule has 0 bridgehead atoms. The number of esters is 1. The minimum atomic E-state index is -0.420. The molecule has 0 atom stereocenters. The third kappa shape index (κ3) is 2.90. The highest BCUT2D eigenvalue weighted by Crippen LogP contribution is 2.35. The molecule has 8 heteroatoms. The van der Waals surface area contributed by atoms with Gasteiger partial charge in [0.15, 0.2) is 18.1 Å². The number of carbonyl (C=O) groups excluding carboxylic acids is 1. The van der Waals surface area contributed by atoms with E-state index in [9.17, 15) is 4.79 Å². The number of cyclic esters (lactones) is 1. The Morgan fingerprint density at radius 2 is 2.15 bits per heavy atom. The molecule has 1 aliphatic rings. The standard InChI is InChI=1S/C18H12Cl2N2O3S/c1-24-15-8-25-18(23)16(15)22-6-2-3-14(22)17-21-13(9-26-17)11-5-4-10(19)7-12(11)20/h2-7,9H,8H2,1H3. The summed E-state index contributed by atoms with van der Waals surface area (Å²) in [5, 5.41) is 3.77. The maximum atomic E-state index is 12.1. The first kappa shape index (κ1) is 17.1. The van der Waals surface area contributed by atoms with Crippen molar-refractivity contribution in [3.63, 3.8) is 0 Å². The van der Waals surface area contributed by atoms with Crippen molar-refractivity contribution in [2.24, 2.45) is 0 Å². The summed E-state index contributed by atoms with van der Waals surface area (Å²) in [7, 11) is 1.52. The van der Waals surface area contributed by atoms with Gasteiger partial charge in [-0.25, -0.2) is 9.78 Å². The van der Waals surface area contributed by atoms with Crippen LogP contribution in [0.3, 0.4) is 0 Å². The molecule has 0 saturated heterocycles. The van der Waals surface area contributed by atoms with Gasteiger partial charge in [0.25, 0.3) is 0 Å².